The van der Waals surface area contributed by atoms with Crippen LogP contribution in [0.2, 0.25) is 0 Å². The largest absolute Gasteiger partial charge is 0.334 e. The fourth-order valence-corrected chi connectivity index (χ4v) is 5.14. The van der Waals surface area contributed by atoms with Gasteiger partial charge in [-0.25, -0.2) is 0 Å². The number of carbonyl (C=O) groups excluding carboxylic acids is 1. The Kier molecular flexibility index (Phi) is 5.79. The number of amides is 1. The summed E-state index contributed by atoms with van der Waals surface area (Å²) in [7, 11) is 0. The molecule has 2 heterocycles. The van der Waals surface area contributed by atoms with Crippen molar-refractivity contribution in [3.8, 4) is 0 Å². The topological polar surface area (TPSA) is 58.1 Å². The number of nitrogens with one attached hydrogen (secondary N) is 1. The molecule has 1 N–H and O–H groups in total. The van der Waals surface area contributed by atoms with Crippen molar-refractivity contribution in [3.05, 3.63) is 86.4 Å². The second kappa shape index (κ2) is 8.87. The maximum atomic E-state index is 13.2. The fraction of sp³-hybridized carbons (Fsp3) is 0.346. The third-order valence-electron chi connectivity index (χ3n) is 6.72. The Morgan fingerprint density at radius 2 is 2.00 bits per heavy atom. The quantitative estimate of drug-likeness (QED) is 0.454. The van der Waals surface area contributed by atoms with E-state index in [0.717, 1.165) is 19.3 Å². The van der Waals surface area contributed by atoms with E-state index in [2.05, 4.69) is 29.3 Å². The number of benzene rings is 2. The number of hydrogen-bond donors (Lipinski definition) is 1. The van der Waals surface area contributed by atoms with Crippen LogP contribution in [0.1, 0.15) is 47.2 Å². The summed E-state index contributed by atoms with van der Waals surface area (Å²) in [5.41, 5.74) is 3.62. The molecular formula is C26H27N3O2S. The van der Waals surface area contributed by atoms with E-state index in [1.165, 1.54) is 24.0 Å². The van der Waals surface area contributed by atoms with Gasteiger partial charge in [0.25, 0.3) is 11.5 Å². The van der Waals surface area contributed by atoms with E-state index in [0.29, 0.717) is 46.8 Å². The summed E-state index contributed by atoms with van der Waals surface area (Å²) in [6, 6.07) is 13.5. The van der Waals surface area contributed by atoms with Gasteiger partial charge in [-0.3, -0.25) is 14.2 Å². The average molecular weight is 446 g/mol. The minimum absolute atomic E-state index is 0.0195. The number of allylic oxidation sites excluding steroid dienone is 2. The van der Waals surface area contributed by atoms with E-state index in [9.17, 15) is 9.59 Å². The molecule has 1 aromatic heterocycles. The number of nitrogens with zero attached hydrogens (tertiary/aromatic N) is 2. The molecule has 2 aromatic carbocycles. The molecule has 0 saturated heterocycles. The number of aromatic nitrogens is 2. The van der Waals surface area contributed by atoms with Gasteiger partial charge in [-0.2, -0.15) is 0 Å². The Bertz CT molecular complexity index is 1320. The van der Waals surface area contributed by atoms with Crippen LogP contribution in [0, 0.1) is 10.7 Å². The molecule has 1 amide bonds. The normalized spacial score (nSPS) is 18.0. The number of aromatic amines is 1. The van der Waals surface area contributed by atoms with Gasteiger partial charge in [-0.1, -0.05) is 36.4 Å². The monoisotopic (exact) mass is 445 g/mol. The first-order valence-corrected chi connectivity index (χ1v) is 11.8. The summed E-state index contributed by atoms with van der Waals surface area (Å²) in [5.74, 6) is 0.490. The molecule has 1 unspecified atom stereocenters. The van der Waals surface area contributed by atoms with Gasteiger partial charge >= 0.3 is 0 Å². The molecule has 6 heteroatoms. The van der Waals surface area contributed by atoms with Crippen LogP contribution in [0.4, 0.5) is 0 Å². The van der Waals surface area contributed by atoms with Crippen molar-refractivity contribution in [3.63, 3.8) is 0 Å². The van der Waals surface area contributed by atoms with E-state index < -0.39 is 0 Å². The Labute approximate surface area is 192 Å². The lowest BCUT2D eigenvalue weighted by molar-refractivity contribution is 0.0735. The van der Waals surface area contributed by atoms with Crippen LogP contribution < -0.4 is 5.56 Å². The van der Waals surface area contributed by atoms with Crippen molar-refractivity contribution < 1.29 is 4.79 Å². The molecule has 0 bridgehead atoms. The fourth-order valence-electron chi connectivity index (χ4n) is 4.86. The smallest absolute Gasteiger partial charge is 0.262 e. The molecule has 0 radical (unpaired) electrons. The zero-order valence-electron chi connectivity index (χ0n) is 18.0. The summed E-state index contributed by atoms with van der Waals surface area (Å²) in [6.07, 6.45) is 9.79. The average Bonchev–Trinajstić information content (AvgIpc) is 2.83. The summed E-state index contributed by atoms with van der Waals surface area (Å²) >= 11 is 5.51. The molecule has 2 aliphatic rings. The van der Waals surface area contributed by atoms with Gasteiger partial charge in [0.1, 0.15) is 0 Å². The van der Waals surface area contributed by atoms with Crippen LogP contribution in [0.25, 0.3) is 10.9 Å². The minimum atomic E-state index is -0.0885. The van der Waals surface area contributed by atoms with E-state index in [-0.39, 0.29) is 11.5 Å². The van der Waals surface area contributed by atoms with Crippen LogP contribution in [0.3, 0.4) is 0 Å². The Balaban J connectivity index is 1.39. The molecule has 1 atom stereocenters. The predicted octanol–water partition coefficient (Wildman–Crippen LogP) is 5.00. The second-order valence-electron chi connectivity index (χ2n) is 8.80. The molecule has 0 spiro atoms. The van der Waals surface area contributed by atoms with Crippen LogP contribution >= 0.6 is 12.2 Å². The van der Waals surface area contributed by atoms with Crippen LogP contribution in [0.5, 0.6) is 0 Å². The molecule has 32 heavy (non-hydrogen) atoms. The maximum Gasteiger partial charge on any atom is 0.262 e. The zero-order chi connectivity index (χ0) is 22.1. The van der Waals surface area contributed by atoms with Gasteiger partial charge in [0.2, 0.25) is 0 Å². The van der Waals surface area contributed by atoms with Gasteiger partial charge in [-0.05, 0) is 79.6 Å². The number of hydrogen-bond acceptors (Lipinski definition) is 3. The Hall–Kier alpha value is -2.99. The molecular weight excluding hydrogens is 418 g/mol. The van der Waals surface area contributed by atoms with Gasteiger partial charge in [0.05, 0.1) is 10.9 Å². The Morgan fingerprint density at radius 1 is 1.16 bits per heavy atom. The van der Waals surface area contributed by atoms with Crippen molar-refractivity contribution in [2.75, 3.05) is 6.54 Å². The van der Waals surface area contributed by atoms with Crippen molar-refractivity contribution in [1.82, 2.24) is 14.5 Å². The molecule has 3 aromatic rings. The number of fused-ring (bicyclic) bond motifs is 2. The highest BCUT2D eigenvalue weighted by Gasteiger charge is 2.22. The lowest BCUT2D eigenvalue weighted by Crippen LogP contribution is -2.36. The summed E-state index contributed by atoms with van der Waals surface area (Å²) in [5, 5.41) is 0.568. The summed E-state index contributed by atoms with van der Waals surface area (Å²) < 4.78 is 2.07. The highest BCUT2D eigenvalue weighted by molar-refractivity contribution is 7.71. The molecule has 1 aliphatic heterocycles. The first-order chi connectivity index (χ1) is 15.6. The number of carbonyl (C=O) groups is 1. The molecule has 1 aliphatic carbocycles. The van der Waals surface area contributed by atoms with Crippen LogP contribution in [-0.4, -0.2) is 26.9 Å². The van der Waals surface area contributed by atoms with E-state index in [1.807, 2.05) is 17.0 Å². The van der Waals surface area contributed by atoms with E-state index >= 15 is 0 Å². The lowest BCUT2D eigenvalue weighted by Gasteiger charge is -2.29. The minimum Gasteiger partial charge on any atom is -0.334 e. The van der Waals surface area contributed by atoms with Crippen molar-refractivity contribution >= 4 is 29.0 Å². The molecule has 164 valence electrons. The van der Waals surface area contributed by atoms with Crippen molar-refractivity contribution in [1.29, 1.82) is 0 Å². The standard InChI is InChI=1S/C26H27N3O2S/c30-24(28-14-13-19-8-4-5-9-21(19)17-28)20-10-11-22-23(16-20)27-26(32)29(25(22)31)15-12-18-6-2-1-3-7-18/h2,4-6,8-11,16,18H,1,3,7,12-15,17H2,(H,27,32). The van der Waals surface area contributed by atoms with Crippen molar-refractivity contribution in [2.45, 2.75) is 45.2 Å². The third-order valence-corrected chi connectivity index (χ3v) is 7.05. The number of H-pyrrole nitrogens is 1. The molecule has 0 saturated carbocycles. The van der Waals surface area contributed by atoms with Crippen LogP contribution in [0.15, 0.2) is 59.4 Å². The van der Waals surface area contributed by atoms with Crippen molar-refractivity contribution in [2.24, 2.45) is 5.92 Å². The Morgan fingerprint density at radius 3 is 2.81 bits per heavy atom. The first kappa shape index (κ1) is 20.9. The maximum absolute atomic E-state index is 13.2. The number of rotatable bonds is 4. The van der Waals surface area contributed by atoms with E-state index in [1.54, 1.807) is 22.8 Å². The summed E-state index contributed by atoms with van der Waals surface area (Å²) in [6.45, 7) is 1.91. The van der Waals surface area contributed by atoms with Gasteiger partial charge in [0, 0.05) is 25.2 Å². The van der Waals surface area contributed by atoms with E-state index in [4.69, 9.17) is 12.2 Å². The summed E-state index contributed by atoms with van der Waals surface area (Å²) in [4.78, 5) is 31.3. The SMILES string of the molecule is O=C(c1ccc2c(=O)n(CCC3C=CCCC3)c(=S)[nH]c2c1)N1CCc2ccccc2C1. The third kappa shape index (κ3) is 4.07. The van der Waals surface area contributed by atoms with Gasteiger partial charge in [-0.15, -0.1) is 0 Å². The lowest BCUT2D eigenvalue weighted by atomic mass is 9.93. The predicted molar refractivity (Wildman–Crippen MR) is 129 cm³/mol. The molecule has 5 nitrogen and oxygen atoms in total. The molecule has 5 rings (SSSR count). The first-order valence-electron chi connectivity index (χ1n) is 11.4. The second-order valence-corrected chi connectivity index (χ2v) is 9.19. The molecule has 0 fully saturated rings. The zero-order valence-corrected chi connectivity index (χ0v) is 18.9. The van der Waals surface area contributed by atoms with Crippen LogP contribution in [-0.2, 0) is 19.5 Å². The highest BCUT2D eigenvalue weighted by atomic mass is 32.1. The highest BCUT2D eigenvalue weighted by Crippen LogP contribution is 2.22. The van der Waals surface area contributed by atoms with Gasteiger partial charge in [0.15, 0.2) is 4.77 Å². The van der Waals surface area contributed by atoms with Gasteiger partial charge < -0.3 is 9.88 Å².